The molecule has 0 amide bonds. The Balaban J connectivity index is 2.35. The van der Waals surface area contributed by atoms with Gasteiger partial charge in [0.2, 0.25) is 0 Å². The molecule has 9 heteroatoms. The third-order valence-electron chi connectivity index (χ3n) is 2.31. The fraction of sp³-hybridized carbons (Fsp3) is 0.300. The van der Waals surface area contributed by atoms with Crippen LogP contribution in [0.25, 0.3) is 0 Å². The number of nitrogens with two attached hydrogens (primary N) is 1. The molecule has 0 aliphatic heterocycles. The molecule has 2 aromatic heterocycles. The van der Waals surface area contributed by atoms with Crippen LogP contribution in [0.15, 0.2) is 18.5 Å². The van der Waals surface area contributed by atoms with Gasteiger partial charge in [-0.15, -0.1) is 11.3 Å². The van der Waals surface area contributed by atoms with Crippen molar-refractivity contribution >= 4 is 11.3 Å². The summed E-state index contributed by atoms with van der Waals surface area (Å²) in [5, 5.41) is -0.909. The first-order valence-electron chi connectivity index (χ1n) is 5.20. The van der Waals surface area contributed by atoms with Gasteiger partial charge in [0.1, 0.15) is 5.82 Å². The normalized spacial score (nSPS) is 13.5. The third kappa shape index (κ3) is 3.06. The van der Waals surface area contributed by atoms with Gasteiger partial charge in [0, 0.05) is 17.3 Å². The molecule has 2 rings (SSSR count). The van der Waals surface area contributed by atoms with Crippen molar-refractivity contribution in [3.05, 3.63) is 39.9 Å². The fourth-order valence-electron chi connectivity index (χ4n) is 1.50. The maximum atomic E-state index is 12.5. The van der Waals surface area contributed by atoms with Crippen molar-refractivity contribution in [2.45, 2.75) is 19.1 Å². The molecule has 0 fully saturated rings. The number of nitrogens with zero attached hydrogens (tertiary/aromatic N) is 3. The molecule has 0 bridgehead atoms. The maximum absolute atomic E-state index is 12.5. The number of hydrogen-bond donors (Lipinski definition) is 2. The van der Waals surface area contributed by atoms with E-state index in [0.717, 1.165) is 6.20 Å². The van der Waals surface area contributed by atoms with Gasteiger partial charge in [0.15, 0.2) is 5.01 Å². The standard InChI is InChI=1S/C10H10F3N5S/c1-5-15-3-2-6(17-5)8(18-14)7-4-16-9(19-7)10(11,12)13/h2-4,8,18H,14H2,1H3. The zero-order chi connectivity index (χ0) is 14.0. The quantitative estimate of drug-likeness (QED) is 0.665. The summed E-state index contributed by atoms with van der Waals surface area (Å²) in [6.45, 7) is 1.69. The molecule has 1 atom stereocenters. The predicted octanol–water partition coefficient (Wildman–Crippen LogP) is 1.81. The number of hydrogen-bond acceptors (Lipinski definition) is 6. The second-order valence-electron chi connectivity index (χ2n) is 3.69. The molecular weight excluding hydrogens is 279 g/mol. The largest absolute Gasteiger partial charge is 0.443 e. The molecular formula is C10H10F3N5S. The lowest BCUT2D eigenvalue weighted by atomic mass is 10.2. The van der Waals surface area contributed by atoms with Gasteiger partial charge in [0.25, 0.3) is 0 Å². The number of thiazole rings is 1. The molecule has 1 unspecified atom stereocenters. The zero-order valence-corrected chi connectivity index (χ0v) is 10.6. The van der Waals surface area contributed by atoms with Crippen molar-refractivity contribution in [3.63, 3.8) is 0 Å². The average Bonchev–Trinajstić information content (AvgIpc) is 2.79. The van der Waals surface area contributed by atoms with Crippen molar-refractivity contribution in [2.24, 2.45) is 5.84 Å². The zero-order valence-electron chi connectivity index (χ0n) is 9.77. The summed E-state index contributed by atoms with van der Waals surface area (Å²) in [5.74, 6) is 5.90. The molecule has 5 nitrogen and oxygen atoms in total. The number of halogens is 3. The van der Waals surface area contributed by atoms with Crippen molar-refractivity contribution in [1.29, 1.82) is 0 Å². The molecule has 0 saturated heterocycles. The summed E-state index contributed by atoms with van der Waals surface area (Å²) < 4.78 is 37.5. The molecule has 102 valence electrons. The number of aromatic nitrogens is 3. The van der Waals surface area contributed by atoms with E-state index in [4.69, 9.17) is 5.84 Å². The first-order chi connectivity index (χ1) is 8.91. The Labute approximate surface area is 110 Å². The van der Waals surface area contributed by atoms with Crippen molar-refractivity contribution in [3.8, 4) is 0 Å². The van der Waals surface area contributed by atoms with Gasteiger partial charge in [-0.2, -0.15) is 13.2 Å². The number of alkyl halides is 3. The van der Waals surface area contributed by atoms with E-state index in [1.165, 1.54) is 6.20 Å². The smallest absolute Gasteiger partial charge is 0.270 e. The molecule has 2 aromatic rings. The summed E-state index contributed by atoms with van der Waals surface area (Å²) in [6.07, 6.45) is -1.78. The van der Waals surface area contributed by atoms with E-state index < -0.39 is 17.2 Å². The van der Waals surface area contributed by atoms with E-state index in [0.29, 0.717) is 27.7 Å². The van der Waals surface area contributed by atoms with E-state index in [2.05, 4.69) is 20.4 Å². The third-order valence-corrected chi connectivity index (χ3v) is 3.42. The number of rotatable bonds is 3. The molecule has 3 N–H and O–H groups in total. The minimum atomic E-state index is -4.45. The minimum absolute atomic E-state index is 0.341. The van der Waals surface area contributed by atoms with Crippen LogP contribution in [-0.4, -0.2) is 15.0 Å². The molecule has 2 heterocycles. The number of nitrogens with one attached hydrogen (secondary N) is 1. The summed E-state index contributed by atoms with van der Waals surface area (Å²) >= 11 is 0.534. The van der Waals surface area contributed by atoms with E-state index >= 15 is 0 Å². The fourth-order valence-corrected chi connectivity index (χ4v) is 2.36. The summed E-state index contributed by atoms with van der Waals surface area (Å²) in [4.78, 5) is 11.8. The molecule has 0 aliphatic rings. The first kappa shape index (κ1) is 13.8. The second-order valence-corrected chi connectivity index (χ2v) is 4.76. The Morgan fingerprint density at radius 3 is 2.63 bits per heavy atom. The van der Waals surface area contributed by atoms with Gasteiger partial charge in [-0.3, -0.25) is 5.84 Å². The van der Waals surface area contributed by atoms with Crippen LogP contribution in [0, 0.1) is 6.92 Å². The number of hydrazine groups is 1. The molecule has 0 saturated carbocycles. The van der Waals surface area contributed by atoms with Crippen LogP contribution in [0.3, 0.4) is 0 Å². The molecule has 19 heavy (non-hydrogen) atoms. The molecule has 0 spiro atoms. The van der Waals surface area contributed by atoms with Gasteiger partial charge in [-0.05, 0) is 13.0 Å². The van der Waals surface area contributed by atoms with E-state index in [1.54, 1.807) is 13.0 Å². The monoisotopic (exact) mass is 289 g/mol. The maximum Gasteiger partial charge on any atom is 0.443 e. The molecule has 0 aromatic carbocycles. The Kier molecular flexibility index (Phi) is 3.78. The van der Waals surface area contributed by atoms with Gasteiger partial charge >= 0.3 is 6.18 Å². The number of aryl methyl sites for hydroxylation is 1. The van der Waals surface area contributed by atoms with Crippen molar-refractivity contribution in [1.82, 2.24) is 20.4 Å². The highest BCUT2D eigenvalue weighted by Crippen LogP contribution is 2.35. The van der Waals surface area contributed by atoms with Crippen LogP contribution in [0.1, 0.15) is 27.4 Å². The van der Waals surface area contributed by atoms with E-state index in [1.807, 2.05) is 0 Å². The summed E-state index contributed by atoms with van der Waals surface area (Å²) in [6, 6.07) is 0.945. The Morgan fingerprint density at radius 2 is 2.11 bits per heavy atom. The highest BCUT2D eigenvalue weighted by Gasteiger charge is 2.35. The Bertz CT molecular complexity index is 568. The van der Waals surface area contributed by atoms with Crippen LogP contribution in [0.5, 0.6) is 0 Å². The summed E-state index contributed by atoms with van der Waals surface area (Å²) in [7, 11) is 0. The lowest BCUT2D eigenvalue weighted by Gasteiger charge is -2.13. The molecule has 0 aliphatic carbocycles. The topological polar surface area (TPSA) is 76.7 Å². The van der Waals surface area contributed by atoms with Gasteiger partial charge < -0.3 is 0 Å². The lowest BCUT2D eigenvalue weighted by molar-refractivity contribution is -0.137. The highest BCUT2D eigenvalue weighted by molar-refractivity contribution is 7.11. The summed E-state index contributed by atoms with van der Waals surface area (Å²) in [5.41, 5.74) is 2.93. The van der Waals surface area contributed by atoms with Gasteiger partial charge in [-0.25, -0.2) is 20.4 Å². The van der Waals surface area contributed by atoms with Gasteiger partial charge in [-0.1, -0.05) is 0 Å². The SMILES string of the molecule is Cc1nccc(C(NN)c2cnc(C(F)(F)F)s2)n1. The van der Waals surface area contributed by atoms with Crippen LogP contribution in [-0.2, 0) is 6.18 Å². The van der Waals surface area contributed by atoms with E-state index in [-0.39, 0.29) is 0 Å². The highest BCUT2D eigenvalue weighted by atomic mass is 32.1. The van der Waals surface area contributed by atoms with Crippen LogP contribution in [0.2, 0.25) is 0 Å². The van der Waals surface area contributed by atoms with Crippen molar-refractivity contribution in [2.75, 3.05) is 0 Å². The van der Waals surface area contributed by atoms with Gasteiger partial charge in [0.05, 0.1) is 11.7 Å². The van der Waals surface area contributed by atoms with Crippen molar-refractivity contribution < 1.29 is 13.2 Å². The van der Waals surface area contributed by atoms with Crippen LogP contribution < -0.4 is 11.3 Å². The average molecular weight is 289 g/mol. The Morgan fingerprint density at radius 1 is 1.37 bits per heavy atom. The molecule has 0 radical (unpaired) electrons. The minimum Gasteiger partial charge on any atom is -0.270 e. The predicted molar refractivity (Wildman–Crippen MR) is 63.1 cm³/mol. The second kappa shape index (κ2) is 5.19. The lowest BCUT2D eigenvalue weighted by Crippen LogP contribution is -2.29. The van der Waals surface area contributed by atoms with Crippen LogP contribution in [0.4, 0.5) is 13.2 Å². The van der Waals surface area contributed by atoms with Crippen LogP contribution >= 0.6 is 11.3 Å². The Hall–Kier alpha value is -1.58. The van der Waals surface area contributed by atoms with E-state index in [9.17, 15) is 13.2 Å². The first-order valence-corrected chi connectivity index (χ1v) is 6.02.